The maximum atomic E-state index is 12.8. The van der Waals surface area contributed by atoms with Crippen molar-refractivity contribution in [3.63, 3.8) is 0 Å². The Labute approximate surface area is 148 Å². The lowest BCUT2D eigenvalue weighted by Gasteiger charge is -2.35. The Hall–Kier alpha value is -2.02. The largest absolute Gasteiger partial charge is 0.389 e. The van der Waals surface area contributed by atoms with E-state index in [1.54, 1.807) is 7.11 Å². The average molecular weight is 343 g/mol. The maximum absolute atomic E-state index is 12.8. The van der Waals surface area contributed by atoms with Gasteiger partial charge in [-0.25, -0.2) is 0 Å². The highest BCUT2D eigenvalue weighted by Gasteiger charge is 2.23. The van der Waals surface area contributed by atoms with E-state index >= 15 is 0 Å². The van der Waals surface area contributed by atoms with Crippen LogP contribution in [0.15, 0.2) is 30.3 Å². The molecule has 1 atom stereocenters. The molecule has 1 aromatic heterocycles. The van der Waals surface area contributed by atoms with Gasteiger partial charge in [0.15, 0.2) is 0 Å². The molecule has 2 heterocycles. The molecule has 25 heavy (non-hydrogen) atoms. The summed E-state index contributed by atoms with van der Waals surface area (Å²) in [4.78, 5) is 21.3. The number of β-amino-alcohol motifs (C(OH)–C–C–N with tert-alkyl or cyclic N) is 1. The van der Waals surface area contributed by atoms with Crippen molar-refractivity contribution < 1.29 is 14.6 Å². The highest BCUT2D eigenvalue weighted by molar-refractivity contribution is 5.98. The van der Waals surface area contributed by atoms with Gasteiger partial charge < -0.3 is 14.7 Å². The van der Waals surface area contributed by atoms with Crippen LogP contribution in [-0.4, -0.2) is 78.3 Å². The van der Waals surface area contributed by atoms with Crippen molar-refractivity contribution in [1.29, 1.82) is 0 Å². The summed E-state index contributed by atoms with van der Waals surface area (Å²) in [6.45, 7) is 5.75. The standard InChI is InChI=1S/C19H25N3O3/c1-14-3-4-15-11-16(5-6-18(15)20-14)19(24)22-9-7-21(8-10-22)12-17(23)13-25-2/h3-6,11,17,23H,7-10,12-13H2,1-2H3. The van der Waals surface area contributed by atoms with Crippen molar-refractivity contribution in [2.24, 2.45) is 0 Å². The van der Waals surface area contributed by atoms with E-state index < -0.39 is 6.10 Å². The zero-order chi connectivity index (χ0) is 17.8. The number of aryl methyl sites for hydroxylation is 1. The van der Waals surface area contributed by atoms with E-state index in [9.17, 15) is 9.90 Å². The minimum absolute atomic E-state index is 0.0552. The molecule has 0 radical (unpaired) electrons. The Kier molecular flexibility index (Phi) is 5.63. The third-order valence-corrected chi connectivity index (χ3v) is 4.56. The third kappa shape index (κ3) is 4.34. The van der Waals surface area contributed by atoms with Crippen LogP contribution in [0.5, 0.6) is 0 Å². The second-order valence-electron chi connectivity index (χ2n) is 6.56. The van der Waals surface area contributed by atoms with Gasteiger partial charge in [-0.2, -0.15) is 0 Å². The van der Waals surface area contributed by atoms with Crippen LogP contribution in [0.3, 0.4) is 0 Å². The molecule has 0 spiro atoms. The van der Waals surface area contributed by atoms with Crippen LogP contribution in [0.1, 0.15) is 16.1 Å². The Morgan fingerprint density at radius 2 is 2.00 bits per heavy atom. The van der Waals surface area contributed by atoms with Gasteiger partial charge in [-0.1, -0.05) is 6.07 Å². The summed E-state index contributed by atoms with van der Waals surface area (Å²) in [6, 6.07) is 9.64. The predicted octanol–water partition coefficient (Wildman–Crippen LogP) is 1.31. The van der Waals surface area contributed by atoms with E-state index in [-0.39, 0.29) is 5.91 Å². The topological polar surface area (TPSA) is 65.9 Å². The highest BCUT2D eigenvalue weighted by Crippen LogP contribution is 2.17. The predicted molar refractivity (Wildman–Crippen MR) is 96.7 cm³/mol. The first-order valence-corrected chi connectivity index (χ1v) is 8.63. The summed E-state index contributed by atoms with van der Waals surface area (Å²) in [7, 11) is 1.58. The monoisotopic (exact) mass is 343 g/mol. The number of ether oxygens (including phenoxy) is 1. The van der Waals surface area contributed by atoms with Crippen LogP contribution in [-0.2, 0) is 4.74 Å². The number of carbonyl (C=O) groups is 1. The summed E-state index contributed by atoms with van der Waals surface area (Å²) in [5.41, 5.74) is 2.58. The highest BCUT2D eigenvalue weighted by atomic mass is 16.5. The van der Waals surface area contributed by atoms with Crippen LogP contribution in [0.2, 0.25) is 0 Å². The van der Waals surface area contributed by atoms with Gasteiger partial charge >= 0.3 is 0 Å². The van der Waals surface area contributed by atoms with Crippen molar-refractivity contribution in [3.8, 4) is 0 Å². The number of pyridine rings is 1. The fourth-order valence-corrected chi connectivity index (χ4v) is 3.22. The lowest BCUT2D eigenvalue weighted by molar-refractivity contribution is 0.0232. The number of aromatic nitrogens is 1. The quantitative estimate of drug-likeness (QED) is 0.887. The van der Waals surface area contributed by atoms with Gasteiger partial charge in [0.05, 0.1) is 18.2 Å². The van der Waals surface area contributed by atoms with E-state index in [4.69, 9.17) is 4.74 Å². The molecule has 1 unspecified atom stereocenters. The zero-order valence-electron chi connectivity index (χ0n) is 14.8. The molecule has 0 aliphatic carbocycles. The number of amides is 1. The second kappa shape index (κ2) is 7.91. The molecule has 1 aromatic carbocycles. The smallest absolute Gasteiger partial charge is 0.253 e. The van der Waals surface area contributed by atoms with Crippen LogP contribution in [0.25, 0.3) is 10.9 Å². The Bertz CT molecular complexity index is 742. The Morgan fingerprint density at radius 3 is 2.72 bits per heavy atom. The summed E-state index contributed by atoms with van der Waals surface area (Å²) in [6.07, 6.45) is -0.483. The number of methoxy groups -OCH3 is 1. The number of piperazine rings is 1. The number of fused-ring (bicyclic) bond motifs is 1. The number of aliphatic hydroxyl groups excluding tert-OH is 1. The fourth-order valence-electron chi connectivity index (χ4n) is 3.22. The number of carbonyl (C=O) groups excluding carboxylic acids is 1. The van der Waals surface area contributed by atoms with Crippen molar-refractivity contribution in [3.05, 3.63) is 41.6 Å². The molecule has 3 rings (SSSR count). The minimum atomic E-state index is -0.483. The van der Waals surface area contributed by atoms with Crippen molar-refractivity contribution in [2.75, 3.05) is 46.4 Å². The fraction of sp³-hybridized carbons (Fsp3) is 0.474. The van der Waals surface area contributed by atoms with Crippen LogP contribution in [0, 0.1) is 6.92 Å². The number of nitrogens with zero attached hydrogens (tertiary/aromatic N) is 3. The number of aliphatic hydroxyl groups is 1. The molecule has 1 fully saturated rings. The van der Waals surface area contributed by atoms with Crippen LogP contribution in [0.4, 0.5) is 0 Å². The normalized spacial score (nSPS) is 17.0. The van der Waals surface area contributed by atoms with Crippen molar-refractivity contribution in [1.82, 2.24) is 14.8 Å². The molecular formula is C19H25N3O3. The average Bonchev–Trinajstić information content (AvgIpc) is 2.61. The molecular weight excluding hydrogens is 318 g/mol. The van der Waals surface area contributed by atoms with Gasteiger partial charge in [0, 0.05) is 56.5 Å². The minimum Gasteiger partial charge on any atom is -0.389 e. The first kappa shape index (κ1) is 17.8. The molecule has 6 nitrogen and oxygen atoms in total. The molecule has 6 heteroatoms. The second-order valence-corrected chi connectivity index (χ2v) is 6.56. The van der Waals surface area contributed by atoms with Gasteiger partial charge in [0.25, 0.3) is 5.91 Å². The lowest BCUT2D eigenvalue weighted by atomic mass is 10.1. The first-order valence-electron chi connectivity index (χ1n) is 8.63. The first-order chi connectivity index (χ1) is 12.1. The Morgan fingerprint density at radius 1 is 1.24 bits per heavy atom. The van der Waals surface area contributed by atoms with E-state index in [0.29, 0.717) is 31.8 Å². The van der Waals surface area contributed by atoms with E-state index in [2.05, 4.69) is 9.88 Å². The summed E-state index contributed by atoms with van der Waals surface area (Å²) < 4.78 is 4.96. The lowest BCUT2D eigenvalue weighted by Crippen LogP contribution is -2.50. The molecule has 1 N–H and O–H groups in total. The zero-order valence-corrected chi connectivity index (χ0v) is 14.8. The molecule has 2 aromatic rings. The van der Waals surface area contributed by atoms with Gasteiger partial charge in [0.2, 0.25) is 0 Å². The molecule has 1 aliphatic rings. The molecule has 0 bridgehead atoms. The number of rotatable bonds is 5. The number of hydrogen-bond acceptors (Lipinski definition) is 5. The van der Waals surface area contributed by atoms with Gasteiger partial charge in [-0.3, -0.25) is 14.7 Å². The third-order valence-electron chi connectivity index (χ3n) is 4.56. The molecule has 134 valence electrons. The van der Waals surface area contributed by atoms with E-state index in [1.807, 2.05) is 42.2 Å². The molecule has 1 saturated heterocycles. The SMILES string of the molecule is COCC(O)CN1CCN(C(=O)c2ccc3nc(C)ccc3c2)CC1. The summed E-state index contributed by atoms with van der Waals surface area (Å²) in [5.74, 6) is 0.0552. The van der Waals surface area contributed by atoms with E-state index in [1.165, 1.54) is 0 Å². The van der Waals surface area contributed by atoms with Gasteiger partial charge in [0.1, 0.15) is 0 Å². The van der Waals surface area contributed by atoms with Gasteiger partial charge in [-0.15, -0.1) is 0 Å². The van der Waals surface area contributed by atoms with Crippen molar-refractivity contribution >= 4 is 16.8 Å². The summed E-state index contributed by atoms with van der Waals surface area (Å²) in [5, 5.41) is 10.8. The van der Waals surface area contributed by atoms with Crippen LogP contribution >= 0.6 is 0 Å². The van der Waals surface area contributed by atoms with Gasteiger partial charge in [-0.05, 0) is 31.2 Å². The maximum Gasteiger partial charge on any atom is 0.253 e. The Balaban J connectivity index is 1.62. The number of benzene rings is 1. The van der Waals surface area contributed by atoms with E-state index in [0.717, 1.165) is 29.7 Å². The van der Waals surface area contributed by atoms with Crippen molar-refractivity contribution in [2.45, 2.75) is 13.0 Å². The molecule has 1 aliphatic heterocycles. The van der Waals surface area contributed by atoms with Crippen LogP contribution < -0.4 is 0 Å². The number of hydrogen-bond donors (Lipinski definition) is 1. The summed E-state index contributed by atoms with van der Waals surface area (Å²) >= 11 is 0. The molecule has 1 amide bonds. The molecule has 0 saturated carbocycles.